The Balaban J connectivity index is 1.70. The molecule has 2 N–H and O–H groups in total. The number of thiophene rings is 1. The minimum atomic E-state index is -2.66. The van der Waals surface area contributed by atoms with Crippen LogP contribution in [0, 0.1) is 6.92 Å². The zero-order valence-corrected chi connectivity index (χ0v) is 20.8. The number of amides is 1. The summed E-state index contributed by atoms with van der Waals surface area (Å²) >= 11 is 5.05. The van der Waals surface area contributed by atoms with Gasteiger partial charge in [0.25, 0.3) is 12.3 Å². The lowest BCUT2D eigenvalue weighted by Gasteiger charge is -2.26. The van der Waals surface area contributed by atoms with Crippen LogP contribution in [0.1, 0.15) is 60.2 Å². The van der Waals surface area contributed by atoms with Crippen LogP contribution in [-0.2, 0) is 19.0 Å². The van der Waals surface area contributed by atoms with Crippen LogP contribution >= 0.6 is 27.3 Å². The summed E-state index contributed by atoms with van der Waals surface area (Å²) in [7, 11) is 1.34. The fraction of sp³-hybridized carbons (Fsp3) is 0.571. The molecule has 1 saturated carbocycles. The van der Waals surface area contributed by atoms with Crippen LogP contribution in [0.5, 0.6) is 0 Å². The van der Waals surface area contributed by atoms with E-state index in [1.807, 2.05) is 19.1 Å². The molecule has 2 aromatic rings. The molecular weight excluding hydrogens is 522 g/mol. The largest absolute Gasteiger partial charge is 0.365 e. The third kappa shape index (κ3) is 5.19. The van der Waals surface area contributed by atoms with E-state index in [0.29, 0.717) is 30.4 Å². The van der Waals surface area contributed by atoms with Crippen LogP contribution in [0.2, 0.25) is 0 Å². The van der Waals surface area contributed by atoms with Crippen LogP contribution in [0.3, 0.4) is 0 Å². The first-order valence-electron chi connectivity index (χ1n) is 10.5. The fourth-order valence-electron chi connectivity index (χ4n) is 3.69. The maximum Gasteiger partial charge on any atom is 0.261 e. The molecule has 0 radical (unpaired) electrons. The number of nitrogens with zero attached hydrogens (tertiary/aromatic N) is 2. The van der Waals surface area contributed by atoms with Gasteiger partial charge in [0.2, 0.25) is 0 Å². The highest BCUT2D eigenvalue weighted by Crippen LogP contribution is 2.42. The second-order valence-electron chi connectivity index (χ2n) is 8.06. The summed E-state index contributed by atoms with van der Waals surface area (Å²) in [4.78, 5) is 23.1. The van der Waals surface area contributed by atoms with Crippen LogP contribution < -0.4 is 10.6 Å². The highest BCUT2D eigenvalue weighted by Gasteiger charge is 2.53. The van der Waals surface area contributed by atoms with Crippen molar-refractivity contribution in [2.45, 2.75) is 57.1 Å². The first kappa shape index (κ1) is 24.4. The van der Waals surface area contributed by atoms with E-state index in [1.165, 1.54) is 7.11 Å². The average Bonchev–Trinajstić information content (AvgIpc) is 3.14. The number of aryl methyl sites for hydroxylation is 1. The molecule has 1 amide bonds. The summed E-state index contributed by atoms with van der Waals surface area (Å²) in [5.41, 5.74) is -0.857. The average molecular weight is 547 g/mol. The predicted octanol–water partition coefficient (Wildman–Crippen LogP) is 4.43. The van der Waals surface area contributed by atoms with Crippen LogP contribution in [0.4, 0.5) is 14.6 Å². The highest BCUT2D eigenvalue weighted by molar-refractivity contribution is 9.11. The molecule has 180 valence electrons. The monoisotopic (exact) mass is 546 g/mol. The predicted molar refractivity (Wildman–Crippen MR) is 121 cm³/mol. The van der Waals surface area contributed by atoms with E-state index in [2.05, 4.69) is 36.5 Å². The summed E-state index contributed by atoms with van der Waals surface area (Å²) < 4.78 is 44.8. The Morgan fingerprint density at radius 3 is 2.55 bits per heavy atom. The van der Waals surface area contributed by atoms with Crippen LogP contribution in [0.15, 0.2) is 15.9 Å². The number of carbonyl (C=O) groups is 1. The normalized spacial score (nSPS) is 19.5. The minimum Gasteiger partial charge on any atom is -0.365 e. The van der Waals surface area contributed by atoms with E-state index in [0.717, 1.165) is 8.66 Å². The molecule has 33 heavy (non-hydrogen) atoms. The first-order valence-corrected chi connectivity index (χ1v) is 12.1. The molecule has 1 unspecified atom stereocenters. The van der Waals surface area contributed by atoms with Gasteiger partial charge in [-0.25, -0.2) is 18.7 Å². The molecule has 8 nitrogen and oxygen atoms in total. The van der Waals surface area contributed by atoms with Crippen molar-refractivity contribution in [1.82, 2.24) is 15.3 Å². The van der Waals surface area contributed by atoms with Gasteiger partial charge in [0.1, 0.15) is 17.2 Å². The summed E-state index contributed by atoms with van der Waals surface area (Å²) in [5.74, 6) is 0.138. The third-order valence-corrected chi connectivity index (χ3v) is 7.43. The van der Waals surface area contributed by atoms with Gasteiger partial charge in [0, 0.05) is 12.0 Å². The smallest absolute Gasteiger partial charge is 0.261 e. The van der Waals surface area contributed by atoms with Crippen molar-refractivity contribution >= 4 is 39.0 Å². The summed E-state index contributed by atoms with van der Waals surface area (Å²) in [6.07, 6.45) is -4.27. The number of rotatable bonds is 9. The zero-order chi connectivity index (χ0) is 23.8. The number of anilines is 1. The molecule has 0 aromatic carbocycles. The second-order valence-corrected chi connectivity index (χ2v) is 10.6. The number of alkyl halides is 2. The summed E-state index contributed by atoms with van der Waals surface area (Å²) in [6, 6.07) is 3.84. The lowest BCUT2D eigenvalue weighted by Crippen LogP contribution is -2.45. The first-order chi connectivity index (χ1) is 15.7. The molecule has 2 fully saturated rings. The number of aromatic nitrogens is 2. The van der Waals surface area contributed by atoms with Crippen molar-refractivity contribution in [2.75, 3.05) is 25.6 Å². The number of nitrogens with one attached hydrogen (secondary N) is 2. The van der Waals surface area contributed by atoms with Gasteiger partial charge in [-0.05, 0) is 54.8 Å². The number of methoxy groups -OCH3 is 1. The highest BCUT2D eigenvalue weighted by atomic mass is 79.9. The van der Waals surface area contributed by atoms with Crippen molar-refractivity contribution < 1.29 is 27.8 Å². The SMILES string of the molecule is COC(C(=O)NC1(C(F)F)CC1)c1nc(C)nc(N[C@H](C)c2ccc(Br)s2)c1C1OCCO1. The minimum absolute atomic E-state index is 0.119. The maximum absolute atomic E-state index is 13.4. The number of hydrogen-bond donors (Lipinski definition) is 2. The van der Waals surface area contributed by atoms with Crippen LogP contribution in [0.25, 0.3) is 0 Å². The Kier molecular flexibility index (Phi) is 7.29. The van der Waals surface area contributed by atoms with E-state index in [1.54, 1.807) is 18.3 Å². The Hall–Kier alpha value is -1.73. The third-order valence-electron chi connectivity index (χ3n) is 5.62. The van der Waals surface area contributed by atoms with Gasteiger partial charge >= 0.3 is 0 Å². The summed E-state index contributed by atoms with van der Waals surface area (Å²) in [6.45, 7) is 4.40. The topological polar surface area (TPSA) is 94.6 Å². The molecule has 0 bridgehead atoms. The molecule has 1 saturated heterocycles. The van der Waals surface area contributed by atoms with Gasteiger partial charge in [-0.15, -0.1) is 11.3 Å². The Morgan fingerprint density at radius 2 is 2.00 bits per heavy atom. The van der Waals surface area contributed by atoms with Crippen molar-refractivity contribution in [2.24, 2.45) is 0 Å². The Morgan fingerprint density at radius 1 is 1.30 bits per heavy atom. The molecule has 1 aliphatic carbocycles. The molecule has 0 spiro atoms. The zero-order valence-electron chi connectivity index (χ0n) is 18.4. The van der Waals surface area contributed by atoms with Crippen molar-refractivity contribution in [1.29, 1.82) is 0 Å². The summed E-state index contributed by atoms with van der Waals surface area (Å²) in [5, 5.41) is 5.83. The van der Waals surface area contributed by atoms with Gasteiger partial charge in [0.05, 0.1) is 34.3 Å². The van der Waals surface area contributed by atoms with E-state index >= 15 is 0 Å². The van der Waals surface area contributed by atoms with Gasteiger partial charge < -0.3 is 24.8 Å². The number of ether oxygens (including phenoxy) is 3. The van der Waals surface area contributed by atoms with E-state index in [-0.39, 0.29) is 24.6 Å². The van der Waals surface area contributed by atoms with E-state index in [4.69, 9.17) is 14.2 Å². The Bertz CT molecular complexity index is 1010. The molecule has 2 atom stereocenters. The van der Waals surface area contributed by atoms with Crippen molar-refractivity contribution in [3.8, 4) is 0 Å². The van der Waals surface area contributed by atoms with Crippen molar-refractivity contribution in [3.63, 3.8) is 0 Å². The van der Waals surface area contributed by atoms with Gasteiger partial charge in [-0.2, -0.15) is 0 Å². The lowest BCUT2D eigenvalue weighted by atomic mass is 10.1. The van der Waals surface area contributed by atoms with Gasteiger partial charge in [0.15, 0.2) is 12.4 Å². The Labute approximate surface area is 202 Å². The molecule has 3 heterocycles. The van der Waals surface area contributed by atoms with Gasteiger partial charge in [-0.3, -0.25) is 4.79 Å². The maximum atomic E-state index is 13.4. The number of hydrogen-bond acceptors (Lipinski definition) is 8. The van der Waals surface area contributed by atoms with Gasteiger partial charge in [-0.1, -0.05) is 0 Å². The lowest BCUT2D eigenvalue weighted by molar-refractivity contribution is -0.134. The molecule has 2 aromatic heterocycles. The molecule has 4 rings (SSSR count). The number of halogens is 3. The van der Waals surface area contributed by atoms with Crippen LogP contribution in [-0.4, -0.2) is 48.2 Å². The molecule has 12 heteroatoms. The molecule has 2 aliphatic rings. The van der Waals surface area contributed by atoms with E-state index < -0.39 is 30.3 Å². The standard InChI is InChI=1S/C21H25BrF2N4O4S/c1-10(12-4-5-13(22)33-12)25-17-14(19-31-8-9-32-19)15(26-11(2)27-17)16(30-3)18(29)28-21(6-7-21)20(23)24/h4-5,10,16,19-20H,6-9H2,1-3H3,(H,28,29)(H,25,26,27)/t10-,16?/m1/s1. The van der Waals surface area contributed by atoms with Crippen molar-refractivity contribution in [3.05, 3.63) is 37.9 Å². The fourth-order valence-corrected chi connectivity index (χ4v) is 5.12. The quantitative estimate of drug-likeness (QED) is 0.480. The molecule has 1 aliphatic heterocycles. The second kappa shape index (κ2) is 9.87. The number of carbonyl (C=O) groups excluding carboxylic acids is 1. The van der Waals surface area contributed by atoms with E-state index in [9.17, 15) is 13.6 Å². The molecular formula is C21H25BrF2N4O4S.